The molecule has 1 saturated carbocycles. The first-order chi connectivity index (χ1) is 10.2. The molecule has 2 aliphatic rings. The Hall–Kier alpha value is -1.32. The number of carbonyl (C=O) groups excluding carboxylic acids is 2. The number of hydrogen-bond acceptors (Lipinski definition) is 2. The number of piperidine rings is 1. The minimum Gasteiger partial charge on any atom is -0.349 e. The second-order valence-electron chi connectivity index (χ2n) is 7.90. The van der Waals surface area contributed by atoms with Crippen LogP contribution in [0, 0.1) is 23.2 Å². The Morgan fingerprint density at radius 2 is 1.68 bits per heavy atom. The van der Waals surface area contributed by atoms with Gasteiger partial charge in [0.05, 0.1) is 5.92 Å². The molecule has 124 valence electrons. The van der Waals surface area contributed by atoms with Crippen LogP contribution in [0.5, 0.6) is 0 Å². The summed E-state index contributed by atoms with van der Waals surface area (Å²) in [6.07, 6.45) is 3.83. The van der Waals surface area contributed by atoms with Crippen molar-refractivity contribution in [3.05, 3.63) is 11.6 Å². The molecule has 0 radical (unpaired) electrons. The minimum absolute atomic E-state index is 0.0741. The molecule has 0 aromatic rings. The van der Waals surface area contributed by atoms with Crippen LogP contribution in [0.2, 0.25) is 0 Å². The number of nitrogens with zero attached hydrogens (tertiary/aromatic N) is 2. The monoisotopic (exact) mass is 306 g/mol. The molecular weight excluding hydrogens is 276 g/mol. The highest BCUT2D eigenvalue weighted by Gasteiger charge is 2.61. The number of amides is 2. The van der Waals surface area contributed by atoms with E-state index >= 15 is 0 Å². The zero-order valence-corrected chi connectivity index (χ0v) is 14.8. The summed E-state index contributed by atoms with van der Waals surface area (Å²) in [5.41, 5.74) is 1.36. The third-order valence-corrected chi connectivity index (χ3v) is 5.29. The molecule has 2 unspecified atom stereocenters. The number of allylic oxidation sites excluding steroid dienone is 2. The van der Waals surface area contributed by atoms with Gasteiger partial charge in [-0.15, -0.1) is 0 Å². The van der Waals surface area contributed by atoms with Crippen LogP contribution in [0.4, 0.5) is 0 Å². The average molecular weight is 306 g/mol. The van der Waals surface area contributed by atoms with Crippen LogP contribution in [0.15, 0.2) is 11.6 Å². The molecule has 2 amide bonds. The summed E-state index contributed by atoms with van der Waals surface area (Å²) in [6, 6.07) is 0. The van der Waals surface area contributed by atoms with Crippen LogP contribution in [0.3, 0.4) is 0 Å². The van der Waals surface area contributed by atoms with Crippen molar-refractivity contribution in [2.45, 2.75) is 40.5 Å². The number of carbonyl (C=O) groups is 2. The third kappa shape index (κ3) is 3.21. The number of likely N-dealkylation sites (tertiary alicyclic amines) is 1. The Balaban J connectivity index is 1.94. The molecule has 0 aromatic heterocycles. The van der Waals surface area contributed by atoms with E-state index in [1.54, 1.807) is 19.0 Å². The average Bonchev–Trinajstić information content (AvgIpc) is 2.97. The van der Waals surface area contributed by atoms with Crippen molar-refractivity contribution >= 4 is 11.8 Å². The van der Waals surface area contributed by atoms with Gasteiger partial charge in [-0.2, -0.15) is 0 Å². The summed E-state index contributed by atoms with van der Waals surface area (Å²) < 4.78 is 0. The van der Waals surface area contributed by atoms with Crippen molar-refractivity contribution in [1.82, 2.24) is 9.80 Å². The lowest BCUT2D eigenvalue weighted by atomic mass is 9.95. The lowest BCUT2D eigenvalue weighted by Gasteiger charge is -2.33. The maximum atomic E-state index is 12.8. The number of rotatable bonds is 3. The first-order valence-corrected chi connectivity index (χ1v) is 8.31. The van der Waals surface area contributed by atoms with E-state index in [1.807, 2.05) is 4.90 Å². The van der Waals surface area contributed by atoms with Crippen molar-refractivity contribution in [3.8, 4) is 0 Å². The predicted molar refractivity (Wildman–Crippen MR) is 88.2 cm³/mol. The molecule has 2 atom stereocenters. The van der Waals surface area contributed by atoms with Gasteiger partial charge in [0.15, 0.2) is 0 Å². The Labute approximate surface area is 134 Å². The summed E-state index contributed by atoms with van der Waals surface area (Å²) in [7, 11) is 3.60. The van der Waals surface area contributed by atoms with Crippen molar-refractivity contribution in [2.75, 3.05) is 27.2 Å². The van der Waals surface area contributed by atoms with Crippen molar-refractivity contribution in [3.63, 3.8) is 0 Å². The van der Waals surface area contributed by atoms with Gasteiger partial charge in [-0.1, -0.05) is 25.5 Å². The van der Waals surface area contributed by atoms with Gasteiger partial charge in [0.25, 0.3) is 0 Å². The van der Waals surface area contributed by atoms with Crippen molar-refractivity contribution in [2.24, 2.45) is 23.2 Å². The highest BCUT2D eigenvalue weighted by molar-refractivity contribution is 5.84. The molecule has 22 heavy (non-hydrogen) atoms. The maximum absolute atomic E-state index is 12.8. The zero-order chi connectivity index (χ0) is 16.7. The third-order valence-electron chi connectivity index (χ3n) is 5.29. The predicted octanol–water partition coefficient (Wildman–Crippen LogP) is 2.55. The first-order valence-electron chi connectivity index (χ1n) is 8.31. The van der Waals surface area contributed by atoms with E-state index in [9.17, 15) is 9.59 Å². The Kier molecular flexibility index (Phi) is 4.69. The molecule has 4 nitrogen and oxygen atoms in total. The molecule has 4 heteroatoms. The van der Waals surface area contributed by atoms with E-state index in [2.05, 4.69) is 33.8 Å². The summed E-state index contributed by atoms with van der Waals surface area (Å²) in [4.78, 5) is 28.4. The quantitative estimate of drug-likeness (QED) is 0.752. The van der Waals surface area contributed by atoms with E-state index in [4.69, 9.17) is 0 Å². The van der Waals surface area contributed by atoms with Gasteiger partial charge in [0, 0.05) is 33.1 Å². The van der Waals surface area contributed by atoms with Gasteiger partial charge >= 0.3 is 0 Å². The smallest absolute Gasteiger partial charge is 0.226 e. The second-order valence-corrected chi connectivity index (χ2v) is 7.90. The zero-order valence-electron chi connectivity index (χ0n) is 14.8. The Morgan fingerprint density at radius 3 is 2.14 bits per heavy atom. The minimum atomic E-state index is 0.0741. The van der Waals surface area contributed by atoms with Crippen LogP contribution in [0.1, 0.15) is 40.5 Å². The highest BCUT2D eigenvalue weighted by Crippen LogP contribution is 2.60. The van der Waals surface area contributed by atoms with Gasteiger partial charge in [-0.05, 0) is 38.0 Å². The molecule has 1 aliphatic carbocycles. The fraction of sp³-hybridized carbons (Fsp3) is 0.778. The fourth-order valence-corrected chi connectivity index (χ4v) is 3.73. The molecule has 2 fully saturated rings. The highest BCUT2D eigenvalue weighted by atomic mass is 16.2. The lowest BCUT2D eigenvalue weighted by molar-refractivity contribution is -0.140. The largest absolute Gasteiger partial charge is 0.349 e. The summed E-state index contributed by atoms with van der Waals surface area (Å²) in [5, 5.41) is 0. The van der Waals surface area contributed by atoms with Crippen LogP contribution < -0.4 is 0 Å². The van der Waals surface area contributed by atoms with Crippen LogP contribution in [-0.4, -0.2) is 48.8 Å². The van der Waals surface area contributed by atoms with Crippen LogP contribution in [0.25, 0.3) is 0 Å². The van der Waals surface area contributed by atoms with E-state index in [0.717, 1.165) is 25.9 Å². The number of hydrogen-bond donors (Lipinski definition) is 0. The van der Waals surface area contributed by atoms with Gasteiger partial charge in [-0.25, -0.2) is 0 Å². The molecule has 1 heterocycles. The maximum Gasteiger partial charge on any atom is 0.226 e. The molecule has 0 spiro atoms. The van der Waals surface area contributed by atoms with Gasteiger partial charge in [-0.3, -0.25) is 9.59 Å². The Bertz CT molecular complexity index is 481. The first kappa shape index (κ1) is 17.0. The fourth-order valence-electron chi connectivity index (χ4n) is 3.73. The molecule has 0 N–H and O–H groups in total. The normalized spacial score (nSPS) is 27.3. The summed E-state index contributed by atoms with van der Waals surface area (Å²) >= 11 is 0. The standard InChI is InChI=1S/C18H30N2O2/c1-12(2)11-14-15(18(14,3)4)17(22)20-9-7-13(8-10-20)16(21)19(5)6/h11,13-15H,7-10H2,1-6H3. The molecular formula is C18H30N2O2. The summed E-state index contributed by atoms with van der Waals surface area (Å²) in [5.74, 6) is 1.04. The molecule has 2 rings (SSSR count). The van der Waals surface area contributed by atoms with Crippen molar-refractivity contribution in [1.29, 1.82) is 0 Å². The molecule has 1 saturated heterocycles. The van der Waals surface area contributed by atoms with E-state index in [0.29, 0.717) is 5.92 Å². The summed E-state index contributed by atoms with van der Waals surface area (Å²) in [6.45, 7) is 9.99. The lowest BCUT2D eigenvalue weighted by Crippen LogP contribution is -2.43. The second kappa shape index (κ2) is 6.05. The van der Waals surface area contributed by atoms with Crippen molar-refractivity contribution < 1.29 is 9.59 Å². The van der Waals surface area contributed by atoms with Gasteiger partial charge in [0.1, 0.15) is 0 Å². The van der Waals surface area contributed by atoms with Gasteiger partial charge < -0.3 is 9.80 Å². The van der Waals surface area contributed by atoms with Crippen LogP contribution in [-0.2, 0) is 9.59 Å². The van der Waals surface area contributed by atoms with E-state index in [1.165, 1.54) is 5.57 Å². The van der Waals surface area contributed by atoms with Crippen LogP contribution >= 0.6 is 0 Å². The topological polar surface area (TPSA) is 40.6 Å². The Morgan fingerprint density at radius 1 is 1.14 bits per heavy atom. The molecule has 0 aromatic carbocycles. The van der Waals surface area contributed by atoms with E-state index in [-0.39, 0.29) is 29.1 Å². The van der Waals surface area contributed by atoms with E-state index < -0.39 is 0 Å². The molecule has 0 bridgehead atoms. The molecule has 1 aliphatic heterocycles. The van der Waals surface area contributed by atoms with Gasteiger partial charge in [0.2, 0.25) is 11.8 Å². The SMILES string of the molecule is CC(C)=CC1C(C(=O)N2CCC(C(=O)N(C)C)CC2)C1(C)C.